The van der Waals surface area contributed by atoms with E-state index in [-0.39, 0.29) is 0 Å². The van der Waals surface area contributed by atoms with Crippen molar-refractivity contribution in [2.45, 2.75) is 20.4 Å². The highest BCUT2D eigenvalue weighted by molar-refractivity contribution is 9.10. The Labute approximate surface area is 80.7 Å². The Morgan fingerprint density at radius 3 is 2.50 bits per heavy atom. The van der Waals surface area contributed by atoms with Gasteiger partial charge in [-0.2, -0.15) is 0 Å². The number of nitrogens with one attached hydrogen (secondary N) is 1. The third-order valence-corrected chi connectivity index (χ3v) is 3.03. The van der Waals surface area contributed by atoms with E-state index < -0.39 is 0 Å². The number of hydrogen-bond donors (Lipinski definition) is 2. The second-order valence-electron chi connectivity index (χ2n) is 2.83. The van der Waals surface area contributed by atoms with Crippen LogP contribution in [0.15, 0.2) is 16.6 Å². The van der Waals surface area contributed by atoms with Crippen molar-refractivity contribution >= 4 is 15.9 Å². The molecule has 0 atom stereocenters. The van der Waals surface area contributed by atoms with Crippen LogP contribution in [0.2, 0.25) is 0 Å². The van der Waals surface area contributed by atoms with E-state index in [1.54, 1.807) is 0 Å². The molecule has 2 nitrogen and oxygen atoms in total. The summed E-state index contributed by atoms with van der Waals surface area (Å²) in [5, 5.41) is 8.59. The van der Waals surface area contributed by atoms with Gasteiger partial charge in [0.1, 0.15) is 0 Å². The van der Waals surface area contributed by atoms with Crippen LogP contribution in [0.4, 0.5) is 0 Å². The summed E-state index contributed by atoms with van der Waals surface area (Å²) in [5.74, 6) is 0. The lowest BCUT2D eigenvalue weighted by Gasteiger charge is -2.09. The molecule has 1 aromatic carbocycles. The topological polar surface area (TPSA) is 32.3 Å². The van der Waals surface area contributed by atoms with Crippen LogP contribution in [0.1, 0.15) is 16.7 Å². The van der Waals surface area contributed by atoms with Gasteiger partial charge in [-0.3, -0.25) is 0 Å². The van der Waals surface area contributed by atoms with Crippen LogP contribution in [-0.2, 0) is 6.54 Å². The van der Waals surface area contributed by atoms with Crippen molar-refractivity contribution in [2.75, 3.05) is 0 Å². The third kappa shape index (κ3) is 1.86. The van der Waals surface area contributed by atoms with Crippen molar-refractivity contribution < 1.29 is 5.21 Å². The first kappa shape index (κ1) is 9.71. The summed E-state index contributed by atoms with van der Waals surface area (Å²) >= 11 is 3.48. The fraction of sp³-hybridized carbons (Fsp3) is 0.333. The minimum absolute atomic E-state index is 0.480. The van der Waals surface area contributed by atoms with Gasteiger partial charge in [0.15, 0.2) is 0 Å². The van der Waals surface area contributed by atoms with E-state index in [0.717, 1.165) is 10.0 Å². The molecule has 12 heavy (non-hydrogen) atoms. The van der Waals surface area contributed by atoms with E-state index in [9.17, 15) is 0 Å². The minimum Gasteiger partial charge on any atom is -0.316 e. The maximum atomic E-state index is 8.59. The first-order valence-corrected chi connectivity index (χ1v) is 4.57. The molecule has 0 amide bonds. The number of halogens is 1. The molecule has 0 aromatic heterocycles. The molecule has 0 heterocycles. The van der Waals surface area contributed by atoms with Crippen molar-refractivity contribution in [1.29, 1.82) is 0 Å². The van der Waals surface area contributed by atoms with Gasteiger partial charge in [0.2, 0.25) is 0 Å². The Morgan fingerprint density at radius 2 is 1.92 bits per heavy atom. The Bertz CT molecular complexity index is 286. The quantitative estimate of drug-likeness (QED) is 0.765. The minimum atomic E-state index is 0.480. The maximum Gasteiger partial charge on any atom is 0.0471 e. The van der Waals surface area contributed by atoms with Crippen LogP contribution in [0, 0.1) is 13.8 Å². The summed E-state index contributed by atoms with van der Waals surface area (Å²) in [6, 6.07) is 4.10. The van der Waals surface area contributed by atoms with Crippen molar-refractivity contribution in [3.63, 3.8) is 0 Å². The number of hydroxylamine groups is 1. The van der Waals surface area contributed by atoms with Crippen molar-refractivity contribution in [2.24, 2.45) is 0 Å². The molecule has 66 valence electrons. The lowest BCUT2D eigenvalue weighted by atomic mass is 10.1. The van der Waals surface area contributed by atoms with Crippen LogP contribution in [-0.4, -0.2) is 5.21 Å². The van der Waals surface area contributed by atoms with Gasteiger partial charge in [0.25, 0.3) is 0 Å². The summed E-state index contributed by atoms with van der Waals surface area (Å²) in [7, 11) is 0. The van der Waals surface area contributed by atoms with Crippen LogP contribution in [0.25, 0.3) is 0 Å². The molecular weight excluding hydrogens is 218 g/mol. The molecule has 0 saturated carbocycles. The second kappa shape index (κ2) is 4.03. The lowest BCUT2D eigenvalue weighted by Crippen LogP contribution is -2.08. The van der Waals surface area contributed by atoms with E-state index in [1.165, 1.54) is 11.1 Å². The lowest BCUT2D eigenvalue weighted by molar-refractivity contribution is 0.161. The van der Waals surface area contributed by atoms with Gasteiger partial charge >= 0.3 is 0 Å². The molecule has 0 radical (unpaired) electrons. The zero-order chi connectivity index (χ0) is 9.14. The predicted octanol–water partition coefficient (Wildman–Crippen LogP) is 2.54. The Morgan fingerprint density at radius 1 is 1.33 bits per heavy atom. The van der Waals surface area contributed by atoms with E-state index in [4.69, 9.17) is 5.21 Å². The molecule has 1 aromatic rings. The van der Waals surface area contributed by atoms with Gasteiger partial charge in [-0.25, -0.2) is 5.48 Å². The van der Waals surface area contributed by atoms with Gasteiger partial charge in [-0.05, 0) is 30.5 Å². The first-order chi connectivity index (χ1) is 5.66. The highest BCUT2D eigenvalue weighted by atomic mass is 79.9. The predicted molar refractivity (Wildman–Crippen MR) is 52.2 cm³/mol. The molecule has 2 N–H and O–H groups in total. The zero-order valence-corrected chi connectivity index (χ0v) is 8.77. The summed E-state index contributed by atoms with van der Waals surface area (Å²) in [4.78, 5) is 0. The molecule has 0 fully saturated rings. The third-order valence-electron chi connectivity index (χ3n) is 1.93. The first-order valence-electron chi connectivity index (χ1n) is 3.78. The van der Waals surface area contributed by atoms with Gasteiger partial charge in [-0.15, -0.1) is 0 Å². The molecule has 0 saturated heterocycles. The molecule has 0 aliphatic carbocycles. The van der Waals surface area contributed by atoms with Crippen LogP contribution >= 0.6 is 15.9 Å². The summed E-state index contributed by atoms with van der Waals surface area (Å²) in [5.41, 5.74) is 5.63. The smallest absolute Gasteiger partial charge is 0.0471 e. The highest BCUT2D eigenvalue weighted by Crippen LogP contribution is 2.23. The Hall–Kier alpha value is -0.380. The fourth-order valence-corrected chi connectivity index (χ4v) is 1.72. The van der Waals surface area contributed by atoms with Gasteiger partial charge in [0.05, 0.1) is 0 Å². The van der Waals surface area contributed by atoms with E-state index in [2.05, 4.69) is 27.5 Å². The van der Waals surface area contributed by atoms with Crippen molar-refractivity contribution in [1.82, 2.24) is 5.48 Å². The van der Waals surface area contributed by atoms with Crippen LogP contribution in [0.3, 0.4) is 0 Å². The standard InChI is InChI=1S/C9H12BrNO/c1-6-3-4-7(2)9(10)8(6)5-11-12/h3-4,11-12H,5H2,1-2H3. The van der Waals surface area contributed by atoms with Crippen LogP contribution in [0.5, 0.6) is 0 Å². The molecule has 1 rings (SSSR count). The molecule has 0 aliphatic heterocycles. The Kier molecular flexibility index (Phi) is 3.26. The largest absolute Gasteiger partial charge is 0.316 e. The highest BCUT2D eigenvalue weighted by Gasteiger charge is 2.04. The average Bonchev–Trinajstić information content (AvgIpc) is 2.06. The average molecular weight is 230 g/mol. The molecule has 0 unspecified atom stereocenters. The summed E-state index contributed by atoms with van der Waals surface area (Å²) < 4.78 is 1.07. The number of rotatable bonds is 2. The van der Waals surface area contributed by atoms with E-state index in [0.29, 0.717) is 6.54 Å². The van der Waals surface area contributed by atoms with Gasteiger partial charge < -0.3 is 5.21 Å². The molecular formula is C9H12BrNO. The second-order valence-corrected chi connectivity index (χ2v) is 3.62. The van der Waals surface area contributed by atoms with Crippen LogP contribution < -0.4 is 5.48 Å². The van der Waals surface area contributed by atoms with Crippen molar-refractivity contribution in [3.05, 3.63) is 33.3 Å². The summed E-state index contributed by atoms with van der Waals surface area (Å²) in [6.07, 6.45) is 0. The fourth-order valence-electron chi connectivity index (χ4n) is 1.13. The molecule has 0 bridgehead atoms. The number of aryl methyl sites for hydroxylation is 2. The zero-order valence-electron chi connectivity index (χ0n) is 7.19. The van der Waals surface area contributed by atoms with Crippen molar-refractivity contribution in [3.8, 4) is 0 Å². The normalized spacial score (nSPS) is 10.3. The number of benzene rings is 1. The SMILES string of the molecule is Cc1ccc(C)c(CNO)c1Br. The Balaban J connectivity index is 3.14. The van der Waals surface area contributed by atoms with Gasteiger partial charge in [0, 0.05) is 11.0 Å². The van der Waals surface area contributed by atoms with E-state index in [1.807, 2.05) is 19.9 Å². The van der Waals surface area contributed by atoms with Gasteiger partial charge in [-0.1, -0.05) is 28.1 Å². The van der Waals surface area contributed by atoms with E-state index >= 15 is 0 Å². The monoisotopic (exact) mass is 229 g/mol. The maximum absolute atomic E-state index is 8.59. The summed E-state index contributed by atoms with van der Waals surface area (Å²) in [6.45, 7) is 4.54. The molecule has 3 heteroatoms. The molecule has 0 aliphatic rings. The number of hydrogen-bond acceptors (Lipinski definition) is 2. The molecule has 0 spiro atoms.